The summed E-state index contributed by atoms with van der Waals surface area (Å²) in [7, 11) is 0. The van der Waals surface area contributed by atoms with Crippen LogP contribution in [0, 0.1) is 25.2 Å². The molecule has 1 amide bonds. The van der Waals surface area contributed by atoms with Gasteiger partial charge in [0.05, 0.1) is 12.4 Å². The Hall–Kier alpha value is -3.66. The number of pyridine rings is 1. The second kappa shape index (κ2) is 8.57. The molecule has 29 heavy (non-hydrogen) atoms. The van der Waals surface area contributed by atoms with Crippen molar-refractivity contribution in [3.63, 3.8) is 0 Å². The number of hydrogen-bond acceptors (Lipinski definition) is 4. The highest BCUT2D eigenvalue weighted by Gasteiger charge is 2.15. The van der Waals surface area contributed by atoms with Crippen molar-refractivity contribution in [2.24, 2.45) is 0 Å². The Kier molecular flexibility index (Phi) is 5.93. The summed E-state index contributed by atoms with van der Waals surface area (Å²) >= 11 is 0. The summed E-state index contributed by atoms with van der Waals surface area (Å²) in [6, 6.07) is 9.73. The van der Waals surface area contributed by atoms with E-state index in [1.165, 1.54) is 0 Å². The van der Waals surface area contributed by atoms with Crippen LogP contribution < -0.4 is 10.9 Å². The molecule has 7 heteroatoms. The van der Waals surface area contributed by atoms with Crippen LogP contribution in [0.4, 0.5) is 0 Å². The number of carbonyl (C=O) groups is 1. The molecular weight excluding hydrogens is 366 g/mol. The van der Waals surface area contributed by atoms with Gasteiger partial charge in [0.2, 0.25) is 5.91 Å². The predicted molar refractivity (Wildman–Crippen MR) is 110 cm³/mol. The first-order chi connectivity index (χ1) is 13.9. The lowest BCUT2D eigenvalue weighted by atomic mass is 9.99. The molecule has 1 aromatic carbocycles. The van der Waals surface area contributed by atoms with E-state index in [9.17, 15) is 9.59 Å². The highest BCUT2D eigenvalue weighted by molar-refractivity contribution is 5.76. The van der Waals surface area contributed by atoms with Crippen molar-refractivity contribution < 1.29 is 4.79 Å². The van der Waals surface area contributed by atoms with Gasteiger partial charge in [-0.3, -0.25) is 9.59 Å². The van der Waals surface area contributed by atoms with Crippen LogP contribution in [0.25, 0.3) is 5.69 Å². The van der Waals surface area contributed by atoms with Gasteiger partial charge in [0.25, 0.3) is 5.56 Å². The highest BCUT2D eigenvalue weighted by Crippen LogP contribution is 2.17. The van der Waals surface area contributed by atoms with Gasteiger partial charge in [0, 0.05) is 30.2 Å². The molecule has 2 N–H and O–H groups in total. The maximum atomic E-state index is 12.4. The van der Waals surface area contributed by atoms with Crippen molar-refractivity contribution in [3.05, 3.63) is 81.3 Å². The molecule has 0 radical (unpaired) electrons. The summed E-state index contributed by atoms with van der Waals surface area (Å²) in [6.45, 7) is 5.47. The lowest BCUT2D eigenvalue weighted by Gasteiger charge is -2.16. The Balaban J connectivity index is 1.63. The number of aromatic nitrogens is 3. The predicted octanol–water partition coefficient (Wildman–Crippen LogP) is 2.86. The average molecular weight is 389 g/mol. The molecule has 0 saturated carbocycles. The quantitative estimate of drug-likeness (QED) is 0.676. The summed E-state index contributed by atoms with van der Waals surface area (Å²) in [6.07, 6.45) is 6.07. The molecule has 0 spiro atoms. The lowest BCUT2D eigenvalue weighted by Crippen LogP contribution is -2.27. The van der Waals surface area contributed by atoms with E-state index in [1.807, 2.05) is 48.0 Å². The first-order valence-corrected chi connectivity index (χ1v) is 9.40. The Morgan fingerprint density at radius 1 is 1.31 bits per heavy atom. The van der Waals surface area contributed by atoms with E-state index in [0.717, 1.165) is 16.8 Å². The molecule has 0 aliphatic rings. The van der Waals surface area contributed by atoms with Gasteiger partial charge >= 0.3 is 0 Å². The number of rotatable bonds is 6. The van der Waals surface area contributed by atoms with Gasteiger partial charge in [-0.2, -0.15) is 5.26 Å². The Morgan fingerprint density at radius 2 is 2.03 bits per heavy atom. The molecule has 7 nitrogen and oxygen atoms in total. The smallest absolute Gasteiger partial charge is 0.266 e. The maximum absolute atomic E-state index is 12.4. The monoisotopic (exact) mass is 389 g/mol. The Morgan fingerprint density at radius 3 is 2.66 bits per heavy atom. The van der Waals surface area contributed by atoms with Gasteiger partial charge in [-0.05, 0) is 56.0 Å². The molecule has 0 saturated heterocycles. The number of nitrogens with one attached hydrogen (secondary N) is 2. The molecule has 2 heterocycles. The summed E-state index contributed by atoms with van der Waals surface area (Å²) < 4.78 is 1.91. The minimum Gasteiger partial charge on any atom is -0.350 e. The van der Waals surface area contributed by atoms with Crippen molar-refractivity contribution in [2.75, 3.05) is 0 Å². The molecule has 3 rings (SSSR count). The van der Waals surface area contributed by atoms with Crippen LogP contribution in [0.15, 0.2) is 47.8 Å². The van der Waals surface area contributed by atoms with Crippen LogP contribution in [0.3, 0.4) is 0 Å². The second-order valence-electron chi connectivity index (χ2n) is 7.02. The number of hydrogen-bond donors (Lipinski definition) is 2. The molecule has 148 valence electrons. The minimum absolute atomic E-state index is 0.0836. The van der Waals surface area contributed by atoms with Gasteiger partial charge < -0.3 is 14.9 Å². The number of aryl methyl sites for hydroxylation is 1. The van der Waals surface area contributed by atoms with Crippen LogP contribution >= 0.6 is 0 Å². The molecule has 2 aromatic heterocycles. The minimum atomic E-state index is -0.386. The zero-order chi connectivity index (χ0) is 21.0. The van der Waals surface area contributed by atoms with Crippen LogP contribution in [0.1, 0.15) is 47.3 Å². The van der Waals surface area contributed by atoms with E-state index < -0.39 is 0 Å². The number of aromatic amines is 1. The van der Waals surface area contributed by atoms with Crippen molar-refractivity contribution in [3.8, 4) is 11.8 Å². The standard InChI is InChI=1S/C22H23N5O2/c1-14-19(16(3)26-22(29)20(14)12-23)8-9-21(28)25-15(2)17-4-6-18(7-5-17)27-11-10-24-13-27/h4-7,10-11,13,15H,8-9H2,1-3H3,(H,25,28)(H,26,29)/t15-/m0/s1. The van der Waals surface area contributed by atoms with Crippen molar-refractivity contribution in [2.45, 2.75) is 39.7 Å². The number of carbonyl (C=O) groups excluding carboxylic acids is 1. The third kappa shape index (κ3) is 4.43. The zero-order valence-corrected chi connectivity index (χ0v) is 16.7. The molecule has 1 atom stereocenters. The first kappa shape index (κ1) is 20.1. The average Bonchev–Trinajstić information content (AvgIpc) is 3.22. The summed E-state index contributed by atoms with van der Waals surface area (Å²) in [4.78, 5) is 31.0. The van der Waals surface area contributed by atoms with Crippen LogP contribution in [0.5, 0.6) is 0 Å². The van der Waals surface area contributed by atoms with Crippen LogP contribution in [-0.4, -0.2) is 20.4 Å². The topological polar surface area (TPSA) is 104 Å². The van der Waals surface area contributed by atoms with E-state index in [1.54, 1.807) is 26.4 Å². The fourth-order valence-corrected chi connectivity index (χ4v) is 3.40. The van der Waals surface area contributed by atoms with Crippen molar-refractivity contribution >= 4 is 5.91 Å². The van der Waals surface area contributed by atoms with E-state index in [2.05, 4.69) is 15.3 Å². The summed E-state index contributed by atoms with van der Waals surface area (Å²) in [5, 5.41) is 12.2. The van der Waals surface area contributed by atoms with Gasteiger partial charge in [-0.15, -0.1) is 0 Å². The van der Waals surface area contributed by atoms with Gasteiger partial charge in [0.1, 0.15) is 11.6 Å². The molecule has 0 unspecified atom stereocenters. The molecule has 0 aliphatic carbocycles. The van der Waals surface area contributed by atoms with E-state index in [4.69, 9.17) is 5.26 Å². The normalized spacial score (nSPS) is 11.7. The number of nitriles is 1. The number of H-pyrrole nitrogens is 1. The molecule has 0 bridgehead atoms. The third-order valence-corrected chi connectivity index (χ3v) is 5.10. The van der Waals surface area contributed by atoms with Crippen LogP contribution in [0.2, 0.25) is 0 Å². The van der Waals surface area contributed by atoms with E-state index >= 15 is 0 Å². The van der Waals surface area contributed by atoms with Crippen molar-refractivity contribution in [1.29, 1.82) is 5.26 Å². The largest absolute Gasteiger partial charge is 0.350 e. The lowest BCUT2D eigenvalue weighted by molar-refractivity contribution is -0.121. The maximum Gasteiger partial charge on any atom is 0.266 e. The Labute approximate surface area is 169 Å². The zero-order valence-electron chi connectivity index (χ0n) is 16.7. The van der Waals surface area contributed by atoms with Gasteiger partial charge in [-0.25, -0.2) is 4.98 Å². The summed E-state index contributed by atoms with van der Waals surface area (Å²) in [5.74, 6) is -0.0836. The number of imidazole rings is 1. The molecule has 0 aliphatic heterocycles. The molecule has 0 fully saturated rings. The van der Waals surface area contributed by atoms with E-state index in [0.29, 0.717) is 17.7 Å². The number of nitrogens with zero attached hydrogens (tertiary/aromatic N) is 3. The van der Waals surface area contributed by atoms with Crippen molar-refractivity contribution in [1.82, 2.24) is 19.9 Å². The third-order valence-electron chi connectivity index (χ3n) is 5.10. The number of amides is 1. The molecular formula is C22H23N5O2. The van der Waals surface area contributed by atoms with E-state index in [-0.39, 0.29) is 29.5 Å². The highest BCUT2D eigenvalue weighted by atomic mass is 16.1. The fraction of sp³-hybridized carbons (Fsp3) is 0.273. The van der Waals surface area contributed by atoms with Gasteiger partial charge in [-0.1, -0.05) is 12.1 Å². The fourth-order valence-electron chi connectivity index (χ4n) is 3.40. The van der Waals surface area contributed by atoms with Gasteiger partial charge in [0.15, 0.2) is 0 Å². The first-order valence-electron chi connectivity index (χ1n) is 9.40. The second-order valence-corrected chi connectivity index (χ2v) is 7.02. The van der Waals surface area contributed by atoms with Crippen LogP contribution in [-0.2, 0) is 11.2 Å². The molecule has 3 aromatic rings. The number of benzene rings is 1. The SMILES string of the molecule is Cc1[nH]c(=O)c(C#N)c(C)c1CCC(=O)N[C@@H](C)c1ccc(-n2ccnc2)cc1. The summed E-state index contributed by atoms with van der Waals surface area (Å²) in [5.41, 5.74) is 3.91. The Bertz CT molecular complexity index is 1110.